The van der Waals surface area contributed by atoms with Gasteiger partial charge in [0.1, 0.15) is 0 Å². The molecule has 0 spiro atoms. The number of rotatable bonds is 2. The quantitative estimate of drug-likeness (QED) is 0.919. The van der Waals surface area contributed by atoms with E-state index < -0.39 is 21.2 Å². The van der Waals surface area contributed by atoms with Crippen LogP contribution < -0.4 is 0 Å². The average Bonchev–Trinajstić information content (AvgIpc) is 3.05. The molecule has 4 rings (SSSR count). The number of hydrogen-bond donors (Lipinski definition) is 1. The summed E-state index contributed by atoms with van der Waals surface area (Å²) in [4.78, 5) is 0.321. The van der Waals surface area contributed by atoms with Crippen LogP contribution in [0.1, 0.15) is 22.5 Å². The summed E-state index contributed by atoms with van der Waals surface area (Å²) in [6, 6.07) is 15.8. The van der Waals surface area contributed by atoms with Gasteiger partial charge in [-0.15, -0.1) is 0 Å². The average molecular weight is 330 g/mol. The first-order valence-electron chi connectivity index (χ1n) is 7.74. The third-order valence-electron chi connectivity index (χ3n) is 4.99. The van der Waals surface area contributed by atoms with E-state index in [1.165, 1.54) is 0 Å². The molecule has 2 aromatic rings. The molecular weight excluding hydrogens is 312 g/mol. The first-order valence-corrected chi connectivity index (χ1v) is 9.29. The van der Waals surface area contributed by atoms with Crippen molar-refractivity contribution in [2.45, 2.75) is 16.2 Å². The van der Waals surface area contributed by atoms with Crippen molar-refractivity contribution in [3.8, 4) is 0 Å². The summed E-state index contributed by atoms with van der Waals surface area (Å²) in [5.74, 6) is -0.390. The van der Waals surface area contributed by atoms with Crippen molar-refractivity contribution in [2.75, 3.05) is 13.2 Å². The van der Waals surface area contributed by atoms with Gasteiger partial charge in [0.15, 0.2) is 9.84 Å². The smallest absolute Gasteiger partial charge is 0.185 e. The monoisotopic (exact) mass is 330 g/mol. The van der Waals surface area contributed by atoms with Gasteiger partial charge in [0, 0.05) is 11.8 Å². The van der Waals surface area contributed by atoms with Gasteiger partial charge in [-0.05, 0) is 23.3 Å². The molecule has 120 valence electrons. The van der Waals surface area contributed by atoms with Crippen LogP contribution in [0.15, 0.2) is 59.5 Å². The Morgan fingerprint density at radius 2 is 1.48 bits per heavy atom. The molecule has 1 aliphatic carbocycles. The highest BCUT2D eigenvalue weighted by Gasteiger charge is 2.50. The summed E-state index contributed by atoms with van der Waals surface area (Å²) >= 11 is 0. The SMILES string of the molecule is O=S(=O)(c1ccccc1)[C@H]1c2ccccc2[C@@H](O)[C@@H]2COC[C@@H]21. The number of hydrogen-bond acceptors (Lipinski definition) is 4. The second kappa shape index (κ2) is 5.44. The largest absolute Gasteiger partial charge is 0.388 e. The molecule has 0 saturated carbocycles. The van der Waals surface area contributed by atoms with Crippen molar-refractivity contribution in [2.24, 2.45) is 11.8 Å². The van der Waals surface area contributed by atoms with Crippen molar-refractivity contribution in [3.05, 3.63) is 65.7 Å². The molecule has 0 aromatic heterocycles. The minimum absolute atomic E-state index is 0.173. The third kappa shape index (κ3) is 2.23. The lowest BCUT2D eigenvalue weighted by Crippen LogP contribution is -2.36. The van der Waals surface area contributed by atoms with Crippen LogP contribution in [0.2, 0.25) is 0 Å². The molecule has 2 aromatic carbocycles. The molecule has 1 aliphatic heterocycles. The zero-order chi connectivity index (χ0) is 16.0. The van der Waals surface area contributed by atoms with E-state index in [1.807, 2.05) is 24.3 Å². The summed E-state index contributed by atoms with van der Waals surface area (Å²) in [5, 5.41) is 9.94. The third-order valence-corrected chi connectivity index (χ3v) is 7.19. The summed E-state index contributed by atoms with van der Waals surface area (Å²) in [6.07, 6.45) is -0.666. The van der Waals surface area contributed by atoms with E-state index in [0.29, 0.717) is 29.2 Å². The van der Waals surface area contributed by atoms with Crippen molar-refractivity contribution in [3.63, 3.8) is 0 Å². The molecule has 1 N–H and O–H groups in total. The van der Waals surface area contributed by atoms with Crippen LogP contribution in [-0.4, -0.2) is 26.7 Å². The van der Waals surface area contributed by atoms with Crippen molar-refractivity contribution in [1.82, 2.24) is 0 Å². The van der Waals surface area contributed by atoms with Gasteiger partial charge < -0.3 is 9.84 Å². The predicted molar refractivity (Wildman–Crippen MR) is 85.6 cm³/mol. The lowest BCUT2D eigenvalue weighted by Gasteiger charge is -2.37. The lowest BCUT2D eigenvalue weighted by atomic mass is 9.75. The van der Waals surface area contributed by atoms with Gasteiger partial charge in [0.25, 0.3) is 0 Å². The molecule has 4 nitrogen and oxygen atoms in total. The molecular formula is C18H18O4S. The number of fused-ring (bicyclic) bond motifs is 2. The molecule has 1 fully saturated rings. The molecule has 0 radical (unpaired) electrons. The number of aliphatic hydroxyl groups excluding tert-OH is 1. The van der Waals surface area contributed by atoms with E-state index in [4.69, 9.17) is 4.74 Å². The van der Waals surface area contributed by atoms with Crippen LogP contribution in [-0.2, 0) is 14.6 Å². The standard InChI is InChI=1S/C18H18O4S/c19-17-13-8-4-5-9-14(13)18(16-11-22-10-15(16)17)23(20,21)12-6-2-1-3-7-12/h1-9,15-19H,10-11H2/t15-,16+,17-,18+/m1/s1. The van der Waals surface area contributed by atoms with Crippen molar-refractivity contribution < 1.29 is 18.3 Å². The molecule has 1 heterocycles. The number of sulfone groups is 1. The van der Waals surface area contributed by atoms with Crippen LogP contribution in [0.4, 0.5) is 0 Å². The molecule has 0 bridgehead atoms. The van der Waals surface area contributed by atoms with Crippen LogP contribution >= 0.6 is 0 Å². The zero-order valence-corrected chi connectivity index (χ0v) is 13.3. The highest BCUT2D eigenvalue weighted by atomic mass is 32.2. The van der Waals surface area contributed by atoms with Crippen LogP contribution in [0.25, 0.3) is 0 Å². The van der Waals surface area contributed by atoms with Gasteiger partial charge in [-0.3, -0.25) is 0 Å². The van der Waals surface area contributed by atoms with Gasteiger partial charge in [-0.2, -0.15) is 0 Å². The van der Waals surface area contributed by atoms with Crippen LogP contribution in [0.5, 0.6) is 0 Å². The van der Waals surface area contributed by atoms with Gasteiger partial charge in [-0.25, -0.2) is 8.42 Å². The Morgan fingerprint density at radius 1 is 0.870 bits per heavy atom. The van der Waals surface area contributed by atoms with Crippen LogP contribution in [0.3, 0.4) is 0 Å². The molecule has 4 atom stereocenters. The topological polar surface area (TPSA) is 63.6 Å². The first-order chi connectivity index (χ1) is 11.1. The maximum Gasteiger partial charge on any atom is 0.185 e. The van der Waals surface area contributed by atoms with Crippen LogP contribution in [0, 0.1) is 11.8 Å². The summed E-state index contributed by atoms with van der Waals surface area (Å²) in [5.41, 5.74) is 1.42. The normalized spacial score (nSPS) is 29.8. The van der Waals surface area contributed by atoms with E-state index in [1.54, 1.807) is 30.3 Å². The minimum Gasteiger partial charge on any atom is -0.388 e. The Bertz CT molecular complexity index is 816. The number of benzene rings is 2. The van der Waals surface area contributed by atoms with Crippen molar-refractivity contribution >= 4 is 9.84 Å². The van der Waals surface area contributed by atoms with E-state index >= 15 is 0 Å². The Hall–Kier alpha value is -1.69. The zero-order valence-electron chi connectivity index (χ0n) is 12.5. The fourth-order valence-corrected chi connectivity index (χ4v) is 6.00. The van der Waals surface area contributed by atoms with Gasteiger partial charge in [0.05, 0.1) is 29.5 Å². The second-order valence-corrected chi connectivity index (χ2v) is 8.29. The Morgan fingerprint density at radius 3 is 2.22 bits per heavy atom. The molecule has 1 saturated heterocycles. The van der Waals surface area contributed by atoms with Gasteiger partial charge in [0.2, 0.25) is 0 Å². The number of aliphatic hydroxyl groups is 1. The number of ether oxygens (including phenoxy) is 1. The predicted octanol–water partition coefficient (Wildman–Crippen LogP) is 2.51. The highest BCUT2D eigenvalue weighted by Crippen LogP contribution is 2.51. The van der Waals surface area contributed by atoms with E-state index in [0.717, 1.165) is 0 Å². The maximum absolute atomic E-state index is 13.3. The molecule has 23 heavy (non-hydrogen) atoms. The fourth-order valence-electron chi connectivity index (χ4n) is 3.88. The Labute approximate surface area is 135 Å². The Balaban J connectivity index is 1.91. The molecule has 0 unspecified atom stereocenters. The summed E-state index contributed by atoms with van der Waals surface area (Å²) in [6.45, 7) is 0.772. The Kier molecular flexibility index (Phi) is 3.52. The van der Waals surface area contributed by atoms with Gasteiger partial charge in [-0.1, -0.05) is 42.5 Å². The van der Waals surface area contributed by atoms with E-state index in [9.17, 15) is 13.5 Å². The minimum atomic E-state index is -3.54. The molecule has 0 amide bonds. The second-order valence-electron chi connectivity index (χ2n) is 6.22. The highest BCUT2D eigenvalue weighted by molar-refractivity contribution is 7.91. The summed E-state index contributed by atoms with van der Waals surface area (Å²) in [7, 11) is -3.54. The first kappa shape index (κ1) is 14.9. The maximum atomic E-state index is 13.3. The molecule has 5 heteroatoms. The lowest BCUT2D eigenvalue weighted by molar-refractivity contribution is 0.0717. The molecule has 2 aliphatic rings. The van der Waals surface area contributed by atoms with Gasteiger partial charge >= 0.3 is 0 Å². The fraction of sp³-hybridized carbons (Fsp3) is 0.333. The van der Waals surface area contributed by atoms with E-state index in [-0.39, 0.29) is 11.8 Å². The van der Waals surface area contributed by atoms with Crippen molar-refractivity contribution in [1.29, 1.82) is 0 Å². The summed E-state index contributed by atoms with van der Waals surface area (Å²) < 4.78 is 32.1. The van der Waals surface area contributed by atoms with E-state index in [2.05, 4.69) is 0 Å².